The summed E-state index contributed by atoms with van der Waals surface area (Å²) in [4.78, 5) is 0. The van der Waals surface area contributed by atoms with Crippen LogP contribution in [-0.2, 0) is 16.8 Å². The Hall–Kier alpha value is -1.49. The fourth-order valence-electron chi connectivity index (χ4n) is 2.68. The highest BCUT2D eigenvalue weighted by molar-refractivity contribution is 7.86. The maximum Gasteiger partial charge on any atom is 0.282 e. The van der Waals surface area contributed by atoms with Gasteiger partial charge in [-0.1, -0.05) is 6.42 Å². The van der Waals surface area contributed by atoms with Crippen LogP contribution in [0.25, 0.3) is 0 Å². The van der Waals surface area contributed by atoms with Crippen molar-refractivity contribution in [1.29, 1.82) is 5.26 Å². The molecule has 0 spiro atoms. The third kappa shape index (κ3) is 3.46. The standard InChI is InChI=1S/C15H20FN3O2S/c1-12-5-3-4-8-19(12)22(20,21)18(2)11-14-9-13(10-17)6-7-15(14)16/h6-7,9,12H,3-5,8,11H2,1-2H3/t12-/m0/s1. The van der Waals surface area contributed by atoms with Crippen molar-refractivity contribution >= 4 is 10.2 Å². The number of piperidine rings is 1. The summed E-state index contributed by atoms with van der Waals surface area (Å²) in [6.07, 6.45) is 2.71. The van der Waals surface area contributed by atoms with E-state index in [1.165, 1.54) is 29.6 Å². The van der Waals surface area contributed by atoms with Crippen molar-refractivity contribution in [3.05, 3.63) is 35.1 Å². The summed E-state index contributed by atoms with van der Waals surface area (Å²) in [5, 5.41) is 8.87. The molecule has 1 atom stereocenters. The normalized spacial score (nSPS) is 20.0. The number of hydrogen-bond donors (Lipinski definition) is 0. The molecule has 0 aromatic heterocycles. The van der Waals surface area contributed by atoms with Crippen LogP contribution >= 0.6 is 0 Å². The molecule has 1 aliphatic rings. The molecule has 0 radical (unpaired) electrons. The number of hydrogen-bond acceptors (Lipinski definition) is 3. The predicted octanol–water partition coefficient (Wildman–Crippen LogP) is 2.25. The van der Waals surface area contributed by atoms with Gasteiger partial charge in [0, 0.05) is 31.7 Å². The quantitative estimate of drug-likeness (QED) is 0.853. The lowest BCUT2D eigenvalue weighted by atomic mass is 10.1. The molecule has 1 aromatic rings. The van der Waals surface area contributed by atoms with Crippen molar-refractivity contribution in [2.45, 2.75) is 38.8 Å². The van der Waals surface area contributed by atoms with Gasteiger partial charge in [-0.25, -0.2) is 4.39 Å². The van der Waals surface area contributed by atoms with Crippen LogP contribution in [0.5, 0.6) is 0 Å². The maximum absolute atomic E-state index is 13.8. The van der Waals surface area contributed by atoms with Gasteiger partial charge in [-0.3, -0.25) is 0 Å². The van der Waals surface area contributed by atoms with Crippen molar-refractivity contribution in [3.8, 4) is 6.07 Å². The average Bonchev–Trinajstić information content (AvgIpc) is 2.49. The Bertz CT molecular complexity index is 685. The van der Waals surface area contributed by atoms with Crippen LogP contribution in [0.1, 0.15) is 37.3 Å². The third-order valence-corrected chi connectivity index (χ3v) is 6.05. The molecule has 0 unspecified atom stereocenters. The van der Waals surface area contributed by atoms with Crippen LogP contribution < -0.4 is 0 Å². The molecule has 5 nitrogen and oxygen atoms in total. The smallest absolute Gasteiger partial charge is 0.207 e. The predicted molar refractivity (Wildman–Crippen MR) is 81.5 cm³/mol. The molecule has 22 heavy (non-hydrogen) atoms. The zero-order chi connectivity index (χ0) is 16.3. The topological polar surface area (TPSA) is 64.4 Å². The first-order valence-electron chi connectivity index (χ1n) is 7.28. The Kier molecular flexibility index (Phi) is 5.16. The molecule has 0 N–H and O–H groups in total. The highest BCUT2D eigenvalue weighted by Crippen LogP contribution is 2.23. The Morgan fingerprint density at radius 2 is 2.18 bits per heavy atom. The minimum Gasteiger partial charge on any atom is -0.207 e. The van der Waals surface area contributed by atoms with Gasteiger partial charge in [0.15, 0.2) is 0 Å². The number of nitriles is 1. The molecule has 120 valence electrons. The minimum atomic E-state index is -3.63. The van der Waals surface area contributed by atoms with Crippen LogP contribution in [-0.4, -0.2) is 36.7 Å². The zero-order valence-corrected chi connectivity index (χ0v) is 13.6. The summed E-state index contributed by atoms with van der Waals surface area (Å²) < 4.78 is 41.7. The zero-order valence-electron chi connectivity index (χ0n) is 12.8. The first-order chi connectivity index (χ1) is 10.4. The van der Waals surface area contributed by atoms with E-state index in [-0.39, 0.29) is 18.2 Å². The van der Waals surface area contributed by atoms with Crippen molar-refractivity contribution in [2.24, 2.45) is 0 Å². The van der Waals surface area contributed by atoms with Crippen molar-refractivity contribution in [2.75, 3.05) is 13.6 Å². The van der Waals surface area contributed by atoms with E-state index in [0.29, 0.717) is 12.1 Å². The molecule has 0 amide bonds. The Morgan fingerprint density at radius 3 is 2.82 bits per heavy atom. The van der Waals surface area contributed by atoms with Gasteiger partial charge in [0.2, 0.25) is 0 Å². The van der Waals surface area contributed by atoms with E-state index in [1.54, 1.807) is 0 Å². The van der Waals surface area contributed by atoms with E-state index < -0.39 is 16.0 Å². The van der Waals surface area contributed by atoms with Crippen LogP contribution in [0.15, 0.2) is 18.2 Å². The summed E-state index contributed by atoms with van der Waals surface area (Å²) in [6, 6.07) is 5.84. The molecule has 1 aromatic carbocycles. The molecule has 0 saturated carbocycles. The van der Waals surface area contributed by atoms with Crippen LogP contribution in [0.2, 0.25) is 0 Å². The first kappa shape index (κ1) is 16.9. The van der Waals surface area contributed by atoms with Gasteiger partial charge in [-0.15, -0.1) is 0 Å². The van der Waals surface area contributed by atoms with E-state index in [0.717, 1.165) is 23.6 Å². The molecule has 1 fully saturated rings. The van der Waals surface area contributed by atoms with Gasteiger partial charge in [0.25, 0.3) is 10.2 Å². The Morgan fingerprint density at radius 1 is 1.45 bits per heavy atom. The highest BCUT2D eigenvalue weighted by atomic mass is 32.2. The Labute approximate surface area is 131 Å². The second-order valence-electron chi connectivity index (χ2n) is 5.64. The lowest BCUT2D eigenvalue weighted by Gasteiger charge is -2.35. The monoisotopic (exact) mass is 325 g/mol. The lowest BCUT2D eigenvalue weighted by Crippen LogP contribution is -2.48. The van der Waals surface area contributed by atoms with Gasteiger partial charge in [0.1, 0.15) is 5.82 Å². The second-order valence-corrected chi connectivity index (χ2v) is 7.63. The van der Waals surface area contributed by atoms with Crippen LogP contribution in [0.3, 0.4) is 0 Å². The molecule has 7 heteroatoms. The van der Waals surface area contributed by atoms with Crippen LogP contribution in [0, 0.1) is 17.1 Å². The summed E-state index contributed by atoms with van der Waals surface area (Å²) in [7, 11) is -2.19. The molecule has 1 heterocycles. The fraction of sp³-hybridized carbons (Fsp3) is 0.533. The van der Waals surface area contributed by atoms with E-state index in [2.05, 4.69) is 0 Å². The summed E-state index contributed by atoms with van der Waals surface area (Å²) in [5.41, 5.74) is 0.517. The van der Waals surface area contributed by atoms with E-state index in [1.807, 2.05) is 13.0 Å². The molecule has 0 bridgehead atoms. The number of benzene rings is 1. The molecule has 0 aliphatic carbocycles. The van der Waals surface area contributed by atoms with E-state index in [9.17, 15) is 12.8 Å². The largest absolute Gasteiger partial charge is 0.282 e. The van der Waals surface area contributed by atoms with Gasteiger partial charge in [0.05, 0.1) is 11.6 Å². The molecular formula is C15H20FN3O2S. The fourth-order valence-corrected chi connectivity index (χ4v) is 4.26. The summed E-state index contributed by atoms with van der Waals surface area (Å²) >= 11 is 0. The van der Waals surface area contributed by atoms with Gasteiger partial charge < -0.3 is 0 Å². The molecule has 2 rings (SSSR count). The number of halogens is 1. The lowest BCUT2D eigenvalue weighted by molar-refractivity contribution is 0.249. The summed E-state index contributed by atoms with van der Waals surface area (Å²) in [5.74, 6) is -0.507. The SMILES string of the molecule is C[C@H]1CCCCN1S(=O)(=O)N(C)Cc1cc(C#N)ccc1F. The third-order valence-electron chi connectivity index (χ3n) is 4.00. The highest BCUT2D eigenvalue weighted by Gasteiger charge is 2.32. The van der Waals surface area contributed by atoms with E-state index >= 15 is 0 Å². The molecular weight excluding hydrogens is 305 g/mol. The number of rotatable bonds is 4. The maximum atomic E-state index is 13.8. The van der Waals surface area contributed by atoms with Crippen molar-refractivity contribution in [3.63, 3.8) is 0 Å². The Balaban J connectivity index is 2.21. The van der Waals surface area contributed by atoms with Gasteiger partial charge in [-0.05, 0) is 38.0 Å². The minimum absolute atomic E-state index is 0.0449. The molecule has 1 saturated heterocycles. The number of nitrogens with zero attached hydrogens (tertiary/aromatic N) is 3. The average molecular weight is 325 g/mol. The van der Waals surface area contributed by atoms with Gasteiger partial charge in [-0.2, -0.15) is 22.3 Å². The van der Waals surface area contributed by atoms with Crippen LogP contribution in [0.4, 0.5) is 4.39 Å². The summed E-state index contributed by atoms with van der Waals surface area (Å²) in [6.45, 7) is 2.29. The van der Waals surface area contributed by atoms with Gasteiger partial charge >= 0.3 is 0 Å². The second kappa shape index (κ2) is 6.73. The molecule has 1 aliphatic heterocycles. The first-order valence-corrected chi connectivity index (χ1v) is 8.67. The van der Waals surface area contributed by atoms with Crippen molar-refractivity contribution in [1.82, 2.24) is 8.61 Å². The van der Waals surface area contributed by atoms with Crippen molar-refractivity contribution < 1.29 is 12.8 Å². The van der Waals surface area contributed by atoms with E-state index in [4.69, 9.17) is 5.26 Å².